The molecule has 28 heavy (non-hydrogen) atoms. The van der Waals surface area contributed by atoms with Crippen molar-refractivity contribution in [3.63, 3.8) is 0 Å². The van der Waals surface area contributed by atoms with Crippen molar-refractivity contribution in [2.45, 2.75) is 33.1 Å². The number of nitrogens with zero attached hydrogens (tertiary/aromatic N) is 2. The number of benzene rings is 2. The number of hydrogen-bond donors (Lipinski definition) is 1. The van der Waals surface area contributed by atoms with E-state index in [2.05, 4.69) is 42.0 Å². The van der Waals surface area contributed by atoms with Crippen LogP contribution < -0.4 is 14.8 Å². The van der Waals surface area contributed by atoms with Crippen LogP contribution in [0.3, 0.4) is 0 Å². The Morgan fingerprint density at radius 1 is 0.964 bits per heavy atom. The summed E-state index contributed by atoms with van der Waals surface area (Å²) in [5.41, 5.74) is 6.66. The van der Waals surface area contributed by atoms with Crippen molar-refractivity contribution in [1.82, 2.24) is 9.78 Å². The average molecular weight is 377 g/mol. The van der Waals surface area contributed by atoms with Crippen LogP contribution in [0.15, 0.2) is 36.4 Å². The van der Waals surface area contributed by atoms with Crippen LogP contribution >= 0.6 is 0 Å². The third-order valence-corrected chi connectivity index (χ3v) is 5.60. The van der Waals surface area contributed by atoms with Gasteiger partial charge in [0.2, 0.25) is 0 Å². The normalized spacial score (nSPS) is 13.4. The molecule has 0 unspecified atom stereocenters. The number of hydrogen-bond acceptors (Lipinski definition) is 4. The highest BCUT2D eigenvalue weighted by Gasteiger charge is 2.26. The van der Waals surface area contributed by atoms with Crippen LogP contribution in [0.2, 0.25) is 0 Å². The molecule has 0 atom stereocenters. The van der Waals surface area contributed by atoms with Crippen LogP contribution in [-0.2, 0) is 6.42 Å². The van der Waals surface area contributed by atoms with Gasteiger partial charge >= 0.3 is 0 Å². The van der Waals surface area contributed by atoms with Gasteiger partial charge in [0.1, 0.15) is 23.0 Å². The van der Waals surface area contributed by atoms with E-state index in [0.29, 0.717) is 0 Å². The third kappa shape index (κ3) is 3.01. The maximum atomic E-state index is 5.67. The average Bonchev–Trinajstić information content (AvgIpc) is 2.89. The molecule has 0 spiro atoms. The van der Waals surface area contributed by atoms with Crippen molar-refractivity contribution in [1.29, 1.82) is 0 Å². The summed E-state index contributed by atoms with van der Waals surface area (Å²) in [4.78, 5) is 0. The van der Waals surface area contributed by atoms with Crippen LogP contribution in [0.25, 0.3) is 16.9 Å². The Balaban J connectivity index is 2.01. The molecule has 0 saturated carbocycles. The minimum absolute atomic E-state index is 0.775. The summed E-state index contributed by atoms with van der Waals surface area (Å²) in [6.07, 6.45) is 3.25. The summed E-state index contributed by atoms with van der Waals surface area (Å²) in [6.45, 7) is 5.24. The Kier molecular flexibility index (Phi) is 4.99. The highest BCUT2D eigenvalue weighted by atomic mass is 16.5. The molecule has 0 amide bonds. The standard InChI is InChI=1S/C23H27N3O2/c1-15-9-7-11-18(16(15)2)26-23-17(10-5-6-14-24-23)22(25-26)21-19(27-3)12-8-13-20(21)28-4/h7-9,11-13,24H,5-6,10,14H2,1-4H3. The number of anilines is 1. The maximum absolute atomic E-state index is 5.67. The fourth-order valence-electron chi connectivity index (χ4n) is 3.93. The molecule has 1 aliphatic heterocycles. The lowest BCUT2D eigenvalue weighted by Crippen LogP contribution is -2.08. The molecule has 0 fully saturated rings. The van der Waals surface area contributed by atoms with Crippen molar-refractivity contribution in [3.8, 4) is 28.4 Å². The first-order chi connectivity index (χ1) is 13.7. The fourth-order valence-corrected chi connectivity index (χ4v) is 3.93. The van der Waals surface area contributed by atoms with Crippen LogP contribution in [-0.4, -0.2) is 30.5 Å². The van der Waals surface area contributed by atoms with Crippen LogP contribution in [0.4, 0.5) is 5.82 Å². The predicted molar refractivity (Wildman–Crippen MR) is 113 cm³/mol. The van der Waals surface area contributed by atoms with Crippen molar-refractivity contribution in [2.75, 3.05) is 26.1 Å². The second kappa shape index (κ2) is 7.58. The lowest BCUT2D eigenvalue weighted by atomic mass is 10.0. The third-order valence-electron chi connectivity index (χ3n) is 5.60. The largest absolute Gasteiger partial charge is 0.496 e. The molecule has 2 aromatic carbocycles. The summed E-state index contributed by atoms with van der Waals surface area (Å²) in [5.74, 6) is 2.63. The van der Waals surface area contributed by atoms with E-state index >= 15 is 0 Å². The summed E-state index contributed by atoms with van der Waals surface area (Å²) < 4.78 is 13.4. The number of rotatable bonds is 4. The SMILES string of the molecule is COc1cccc(OC)c1-c1nn(-c2cccc(C)c2C)c2c1CCCCN2. The Labute approximate surface area is 166 Å². The lowest BCUT2D eigenvalue weighted by molar-refractivity contribution is 0.397. The molecular weight excluding hydrogens is 350 g/mol. The predicted octanol–water partition coefficient (Wildman–Crippen LogP) is 4.92. The first-order valence-corrected chi connectivity index (χ1v) is 9.79. The molecule has 1 N–H and O–H groups in total. The number of fused-ring (bicyclic) bond motifs is 1. The van der Waals surface area contributed by atoms with Crippen LogP contribution in [0.1, 0.15) is 29.5 Å². The van der Waals surface area contributed by atoms with E-state index in [1.807, 2.05) is 18.2 Å². The number of aromatic nitrogens is 2. The molecule has 5 heteroatoms. The number of nitrogens with one attached hydrogen (secondary N) is 1. The van der Waals surface area contributed by atoms with Gasteiger partial charge in [0.25, 0.3) is 0 Å². The van der Waals surface area contributed by atoms with Gasteiger partial charge in [0.05, 0.1) is 25.5 Å². The Hall–Kier alpha value is -2.95. The van der Waals surface area contributed by atoms with Crippen LogP contribution in [0.5, 0.6) is 11.5 Å². The van der Waals surface area contributed by atoms with Crippen LogP contribution in [0, 0.1) is 13.8 Å². The highest BCUT2D eigenvalue weighted by Crippen LogP contribution is 2.43. The molecule has 0 saturated heterocycles. The number of ether oxygens (including phenoxy) is 2. The highest BCUT2D eigenvalue weighted by molar-refractivity contribution is 5.80. The van der Waals surface area contributed by atoms with Gasteiger partial charge in [-0.2, -0.15) is 5.10 Å². The Morgan fingerprint density at radius 3 is 2.39 bits per heavy atom. The van der Waals surface area contributed by atoms with Gasteiger partial charge in [-0.1, -0.05) is 18.2 Å². The molecule has 4 rings (SSSR count). The minimum atomic E-state index is 0.775. The summed E-state index contributed by atoms with van der Waals surface area (Å²) in [5, 5.41) is 8.71. The van der Waals surface area contributed by atoms with Gasteiger partial charge in [-0.3, -0.25) is 0 Å². The molecule has 0 radical (unpaired) electrons. The first kappa shape index (κ1) is 18.4. The maximum Gasteiger partial charge on any atom is 0.133 e. The molecule has 1 aliphatic rings. The molecule has 1 aromatic heterocycles. The van der Waals surface area contributed by atoms with Gasteiger partial charge in [-0.15, -0.1) is 0 Å². The topological polar surface area (TPSA) is 48.3 Å². The van der Waals surface area contributed by atoms with E-state index in [1.165, 1.54) is 16.7 Å². The van der Waals surface area contributed by atoms with E-state index in [0.717, 1.165) is 60.1 Å². The number of methoxy groups -OCH3 is 2. The van der Waals surface area contributed by atoms with Crippen molar-refractivity contribution in [3.05, 3.63) is 53.1 Å². The second-order valence-electron chi connectivity index (χ2n) is 7.23. The van der Waals surface area contributed by atoms with E-state index < -0.39 is 0 Å². The zero-order valence-corrected chi connectivity index (χ0v) is 17.0. The van der Waals surface area contributed by atoms with Crippen molar-refractivity contribution in [2.24, 2.45) is 0 Å². The zero-order valence-electron chi connectivity index (χ0n) is 17.0. The number of aryl methyl sites for hydroxylation is 1. The van der Waals surface area contributed by atoms with E-state index in [4.69, 9.17) is 14.6 Å². The van der Waals surface area contributed by atoms with Crippen molar-refractivity contribution < 1.29 is 9.47 Å². The van der Waals surface area contributed by atoms with Gasteiger partial charge in [-0.25, -0.2) is 4.68 Å². The fraction of sp³-hybridized carbons (Fsp3) is 0.348. The smallest absolute Gasteiger partial charge is 0.133 e. The van der Waals surface area contributed by atoms with Gasteiger partial charge in [-0.05, 0) is 62.4 Å². The molecular formula is C23H27N3O2. The Bertz CT molecular complexity index is 985. The Morgan fingerprint density at radius 2 is 1.68 bits per heavy atom. The molecule has 3 aromatic rings. The quantitative estimate of drug-likeness (QED) is 0.701. The molecule has 0 aliphatic carbocycles. The monoisotopic (exact) mass is 377 g/mol. The first-order valence-electron chi connectivity index (χ1n) is 9.79. The molecule has 146 valence electrons. The minimum Gasteiger partial charge on any atom is -0.496 e. The summed E-state index contributed by atoms with van der Waals surface area (Å²) in [6, 6.07) is 12.2. The van der Waals surface area contributed by atoms with E-state index in [1.54, 1.807) is 14.2 Å². The molecule has 0 bridgehead atoms. The summed E-state index contributed by atoms with van der Waals surface area (Å²) in [7, 11) is 3.38. The molecule has 2 heterocycles. The lowest BCUT2D eigenvalue weighted by Gasteiger charge is -2.13. The van der Waals surface area contributed by atoms with Gasteiger partial charge < -0.3 is 14.8 Å². The zero-order chi connectivity index (χ0) is 19.7. The van der Waals surface area contributed by atoms with Gasteiger partial charge in [0.15, 0.2) is 0 Å². The summed E-state index contributed by atoms with van der Waals surface area (Å²) >= 11 is 0. The molecule has 5 nitrogen and oxygen atoms in total. The van der Waals surface area contributed by atoms with Crippen molar-refractivity contribution >= 4 is 5.82 Å². The van der Waals surface area contributed by atoms with Gasteiger partial charge in [0, 0.05) is 12.1 Å². The second-order valence-corrected chi connectivity index (χ2v) is 7.23. The van der Waals surface area contributed by atoms with E-state index in [9.17, 15) is 0 Å². The van der Waals surface area contributed by atoms with E-state index in [-0.39, 0.29) is 0 Å².